The van der Waals surface area contributed by atoms with Crippen molar-refractivity contribution in [3.63, 3.8) is 0 Å². The summed E-state index contributed by atoms with van der Waals surface area (Å²) < 4.78 is 32.6. The van der Waals surface area contributed by atoms with Gasteiger partial charge in [-0.1, -0.05) is 143 Å². The molecule has 0 aliphatic carbocycles. The van der Waals surface area contributed by atoms with Crippen LogP contribution in [0.25, 0.3) is 0 Å². The average Bonchev–Trinajstić information content (AvgIpc) is 3.20. The van der Waals surface area contributed by atoms with Gasteiger partial charge in [0.05, 0.1) is 13.2 Å². The number of carboxylic acid groups (broad SMARTS) is 1. The van der Waals surface area contributed by atoms with Gasteiger partial charge in [-0.05, 0) is 83.5 Å². The minimum absolute atomic E-state index is 0.0876. The Bertz CT molecular complexity index is 1350. The normalized spacial score (nSPS) is 14.7. The Hall–Kier alpha value is -3.60. The second-order valence-corrected chi connectivity index (χ2v) is 15.2. The van der Waals surface area contributed by atoms with E-state index in [1.807, 2.05) is 12.2 Å². The van der Waals surface area contributed by atoms with E-state index in [1.165, 1.54) is 19.3 Å². The van der Waals surface area contributed by atoms with Crippen LogP contribution in [0.2, 0.25) is 0 Å². The summed E-state index contributed by atoms with van der Waals surface area (Å²) in [6.45, 7) is 2.55. The molecule has 0 amide bonds. The van der Waals surface area contributed by atoms with Gasteiger partial charge in [0.15, 0.2) is 6.10 Å². The van der Waals surface area contributed by atoms with E-state index < -0.39 is 57.7 Å². The number of carboxylic acids is 1. The van der Waals surface area contributed by atoms with Crippen LogP contribution in [0.3, 0.4) is 0 Å². The number of carbonyl (C=O) groups excluding carboxylic acids is 2. The third kappa shape index (κ3) is 39.2. The molecule has 58 heavy (non-hydrogen) atoms. The molecule has 12 heteroatoms. The molecule has 0 heterocycles. The van der Waals surface area contributed by atoms with E-state index >= 15 is 0 Å². The third-order valence-electron chi connectivity index (χ3n) is 8.33. The summed E-state index contributed by atoms with van der Waals surface area (Å²) >= 11 is 0. The van der Waals surface area contributed by atoms with Gasteiger partial charge in [-0.15, -0.1) is 0 Å². The maximum atomic E-state index is 12.6. The smallest absolute Gasteiger partial charge is 0.472 e. The van der Waals surface area contributed by atoms with Gasteiger partial charge in [0.25, 0.3) is 0 Å². The second-order valence-electron chi connectivity index (χ2n) is 13.7. The average molecular weight is 832 g/mol. The van der Waals surface area contributed by atoms with Crippen molar-refractivity contribution in [2.45, 2.75) is 154 Å². The minimum atomic E-state index is -4.74. The molecule has 0 aliphatic rings. The summed E-state index contributed by atoms with van der Waals surface area (Å²) in [6.07, 6.45) is 50.6. The molecule has 0 fully saturated rings. The second kappa shape index (κ2) is 40.2. The Labute approximate surface area is 349 Å². The van der Waals surface area contributed by atoms with Crippen molar-refractivity contribution in [3.8, 4) is 0 Å². The number of rotatable bonds is 38. The first-order valence-electron chi connectivity index (χ1n) is 21.3. The monoisotopic (exact) mass is 832 g/mol. The summed E-state index contributed by atoms with van der Waals surface area (Å²) in [5, 5.41) is 8.88. The largest absolute Gasteiger partial charge is 0.480 e. The zero-order valence-electron chi connectivity index (χ0n) is 35.3. The van der Waals surface area contributed by atoms with E-state index in [4.69, 9.17) is 24.8 Å². The quantitative estimate of drug-likeness (QED) is 0.0234. The van der Waals surface area contributed by atoms with Crippen molar-refractivity contribution < 1.29 is 47.5 Å². The van der Waals surface area contributed by atoms with Gasteiger partial charge < -0.3 is 25.2 Å². The van der Waals surface area contributed by atoms with Crippen LogP contribution in [0, 0.1) is 0 Å². The lowest BCUT2D eigenvalue weighted by Crippen LogP contribution is -2.34. The van der Waals surface area contributed by atoms with Crippen LogP contribution in [0.15, 0.2) is 97.2 Å². The van der Waals surface area contributed by atoms with Gasteiger partial charge in [-0.3, -0.25) is 23.4 Å². The van der Waals surface area contributed by atoms with E-state index in [-0.39, 0.29) is 12.8 Å². The van der Waals surface area contributed by atoms with Crippen LogP contribution >= 0.6 is 7.82 Å². The molecule has 0 rings (SSSR count). The molecule has 0 radical (unpaired) electrons. The van der Waals surface area contributed by atoms with Gasteiger partial charge >= 0.3 is 25.7 Å². The summed E-state index contributed by atoms with van der Waals surface area (Å²) in [4.78, 5) is 45.9. The Balaban J connectivity index is 4.54. The van der Waals surface area contributed by atoms with Crippen molar-refractivity contribution in [1.82, 2.24) is 0 Å². The van der Waals surface area contributed by atoms with Crippen molar-refractivity contribution in [2.24, 2.45) is 5.73 Å². The minimum Gasteiger partial charge on any atom is -0.480 e. The molecule has 4 N–H and O–H groups in total. The Kier molecular flexibility index (Phi) is 37.7. The third-order valence-corrected chi connectivity index (χ3v) is 9.28. The lowest BCUT2D eigenvalue weighted by Gasteiger charge is -2.20. The highest BCUT2D eigenvalue weighted by Gasteiger charge is 2.28. The molecule has 328 valence electrons. The number of carbonyl (C=O) groups is 3. The molecule has 3 atom stereocenters. The first-order chi connectivity index (χ1) is 28.1. The van der Waals surface area contributed by atoms with E-state index in [0.717, 1.165) is 83.5 Å². The topological polar surface area (TPSA) is 172 Å². The van der Waals surface area contributed by atoms with Gasteiger partial charge in [-0.25, -0.2) is 4.57 Å². The van der Waals surface area contributed by atoms with Crippen LogP contribution in [0.5, 0.6) is 0 Å². The number of aliphatic carboxylic acids is 1. The van der Waals surface area contributed by atoms with Crippen LogP contribution < -0.4 is 5.73 Å². The van der Waals surface area contributed by atoms with Crippen LogP contribution in [-0.4, -0.2) is 59.9 Å². The number of allylic oxidation sites excluding steroid dienone is 16. The summed E-state index contributed by atoms with van der Waals surface area (Å²) in [7, 11) is -4.74. The molecule has 0 aromatic heterocycles. The molecule has 0 bridgehead atoms. The number of unbranched alkanes of at least 4 members (excludes halogenated alkanes) is 8. The maximum absolute atomic E-state index is 12.6. The van der Waals surface area contributed by atoms with Crippen molar-refractivity contribution in [3.05, 3.63) is 97.2 Å². The van der Waals surface area contributed by atoms with Gasteiger partial charge in [0.2, 0.25) is 0 Å². The standard InChI is InChI=1S/C46H74NO10P/c1-3-5-7-9-11-13-15-17-19-20-21-22-24-25-27-29-31-33-35-37-44(48)54-39-42(40-55-58(52,53)56-41-43(47)46(50)51)57-45(49)38-36-34-32-30-28-26-23-18-16-14-12-10-8-6-4-2/h5,7,11-14,17-19,21-23,25,27,31,33,42-43H,3-4,6,8-10,15-16,20,24,26,28-30,32,34-41,47H2,1-2H3,(H,50,51)(H,52,53). The van der Waals surface area contributed by atoms with Crippen LogP contribution in [0.4, 0.5) is 0 Å². The highest BCUT2D eigenvalue weighted by Crippen LogP contribution is 2.43. The molecule has 11 nitrogen and oxygen atoms in total. The zero-order valence-corrected chi connectivity index (χ0v) is 36.2. The number of hydrogen-bond donors (Lipinski definition) is 3. The highest BCUT2D eigenvalue weighted by atomic mass is 31.2. The molecule has 0 aromatic carbocycles. The Morgan fingerprint density at radius 1 is 0.552 bits per heavy atom. The summed E-state index contributed by atoms with van der Waals surface area (Å²) in [5.41, 5.74) is 5.32. The van der Waals surface area contributed by atoms with Crippen LogP contribution in [0.1, 0.15) is 142 Å². The van der Waals surface area contributed by atoms with Gasteiger partial charge in [-0.2, -0.15) is 0 Å². The molecule has 0 aliphatic heterocycles. The van der Waals surface area contributed by atoms with E-state index in [2.05, 4.69) is 103 Å². The molecule has 0 aromatic rings. The molecule has 0 saturated heterocycles. The highest BCUT2D eigenvalue weighted by molar-refractivity contribution is 7.47. The SMILES string of the molecule is CCC=CCC=CCC=CCC=CCC=CCC=CCCC(=O)OCC(COP(=O)(O)OCC(N)C(=O)O)OC(=O)CCCCCCCC=CCC=CCCCCC. The van der Waals surface area contributed by atoms with E-state index in [9.17, 15) is 23.8 Å². The zero-order chi connectivity index (χ0) is 42.8. The molecule has 0 saturated carbocycles. The molecular weight excluding hydrogens is 757 g/mol. The Morgan fingerprint density at radius 2 is 1.00 bits per heavy atom. The lowest BCUT2D eigenvalue weighted by molar-refractivity contribution is -0.161. The van der Waals surface area contributed by atoms with E-state index in [0.29, 0.717) is 12.8 Å². The lowest BCUT2D eigenvalue weighted by atomic mass is 10.1. The number of esters is 2. The molecule has 3 unspecified atom stereocenters. The number of nitrogens with two attached hydrogens (primary N) is 1. The van der Waals surface area contributed by atoms with Gasteiger partial charge in [0, 0.05) is 12.8 Å². The first kappa shape index (κ1) is 54.4. The fraction of sp³-hybridized carbons (Fsp3) is 0.587. The summed E-state index contributed by atoms with van der Waals surface area (Å²) in [6, 6.07) is -1.54. The van der Waals surface area contributed by atoms with Crippen molar-refractivity contribution in [2.75, 3.05) is 19.8 Å². The van der Waals surface area contributed by atoms with Crippen molar-refractivity contribution in [1.29, 1.82) is 0 Å². The fourth-order valence-corrected chi connectivity index (χ4v) is 5.78. The number of phosphoric ester groups is 1. The van der Waals surface area contributed by atoms with Crippen molar-refractivity contribution >= 4 is 25.7 Å². The first-order valence-corrected chi connectivity index (χ1v) is 22.8. The summed E-state index contributed by atoms with van der Waals surface area (Å²) in [5.74, 6) is -2.52. The Morgan fingerprint density at radius 3 is 1.52 bits per heavy atom. The maximum Gasteiger partial charge on any atom is 0.472 e. The van der Waals surface area contributed by atoms with Gasteiger partial charge in [0.1, 0.15) is 12.6 Å². The van der Waals surface area contributed by atoms with E-state index in [1.54, 1.807) is 0 Å². The molecule has 0 spiro atoms. The predicted molar refractivity (Wildman–Crippen MR) is 235 cm³/mol. The number of hydrogen-bond acceptors (Lipinski definition) is 9. The van der Waals surface area contributed by atoms with Crippen LogP contribution in [-0.2, 0) is 37.5 Å². The number of phosphoric acid groups is 1. The predicted octanol–water partition coefficient (Wildman–Crippen LogP) is 11.3. The molecular formula is C46H74NO10P. The number of ether oxygens (including phenoxy) is 2. The fourth-order valence-electron chi connectivity index (χ4n) is 5.00.